The fraction of sp³-hybridized carbons (Fsp3) is 0.667. The molecule has 1 heterocycles. The van der Waals surface area contributed by atoms with Crippen molar-refractivity contribution >= 4 is 34.7 Å². The van der Waals surface area contributed by atoms with Crippen molar-refractivity contribution in [3.05, 3.63) is 0 Å². The number of carbonyl (C=O) groups excluding carboxylic acids is 2. The highest BCUT2D eigenvalue weighted by molar-refractivity contribution is 14.1. The van der Waals surface area contributed by atoms with Crippen molar-refractivity contribution in [1.82, 2.24) is 20.4 Å². The fourth-order valence-electron chi connectivity index (χ4n) is 1.73. The van der Waals surface area contributed by atoms with Crippen LogP contribution in [0.15, 0.2) is 0 Å². The van der Waals surface area contributed by atoms with Crippen LogP contribution in [0.4, 0.5) is 9.59 Å². The van der Waals surface area contributed by atoms with E-state index in [4.69, 9.17) is 10.6 Å². The summed E-state index contributed by atoms with van der Waals surface area (Å²) >= 11 is 1.91. The lowest BCUT2D eigenvalue weighted by atomic mass is 10.3. The van der Waals surface area contributed by atoms with Gasteiger partial charge in [0, 0.05) is 42.2 Å². The Kier molecular flexibility index (Phi) is 8.17. The van der Waals surface area contributed by atoms with Crippen LogP contribution in [0.25, 0.3) is 0 Å². The smallest absolute Gasteiger partial charge is 0.348 e. The Morgan fingerprint density at radius 2 is 2.29 bits per heavy atom. The Morgan fingerprint density at radius 1 is 1.52 bits per heavy atom. The number of amides is 3. The third-order valence-electron chi connectivity index (χ3n) is 2.83. The minimum absolute atomic E-state index is 0.257. The predicted octanol–water partition coefficient (Wildman–Crippen LogP) is 0.694. The first kappa shape index (κ1) is 17.8. The topological polar surface area (TPSA) is 91.1 Å². The minimum Gasteiger partial charge on any atom is -0.348 e. The first-order valence-corrected chi connectivity index (χ1v) is 7.78. The molecule has 9 heteroatoms. The number of rotatable bonds is 5. The molecule has 1 rings (SSSR count). The Morgan fingerprint density at radius 3 is 2.81 bits per heavy atom. The van der Waals surface area contributed by atoms with Crippen LogP contribution in [0.1, 0.15) is 19.8 Å². The summed E-state index contributed by atoms with van der Waals surface area (Å²) in [6.45, 7) is 4.44. The van der Waals surface area contributed by atoms with Gasteiger partial charge in [-0.15, -0.1) is 0 Å². The molecular formula is C12H20IN5O3. The van der Waals surface area contributed by atoms with Crippen molar-refractivity contribution in [3.8, 4) is 9.85 Å². The maximum Gasteiger partial charge on any atom is 0.436 e. The van der Waals surface area contributed by atoms with Gasteiger partial charge in [0.05, 0.1) is 13.2 Å². The summed E-state index contributed by atoms with van der Waals surface area (Å²) in [7, 11) is 0. The molecule has 118 valence electrons. The molecule has 0 radical (unpaired) electrons. The molecule has 1 fully saturated rings. The van der Waals surface area contributed by atoms with Crippen LogP contribution in [0.5, 0.6) is 0 Å². The number of hydrogen-bond donors (Lipinski definition) is 2. The van der Waals surface area contributed by atoms with Crippen LogP contribution in [-0.2, 0) is 4.84 Å². The van der Waals surface area contributed by atoms with E-state index in [9.17, 15) is 9.59 Å². The second-order valence-corrected chi connectivity index (χ2v) is 4.94. The van der Waals surface area contributed by atoms with E-state index in [1.807, 2.05) is 29.5 Å². The van der Waals surface area contributed by atoms with Crippen LogP contribution < -0.4 is 11.1 Å². The van der Waals surface area contributed by atoms with E-state index < -0.39 is 12.1 Å². The van der Waals surface area contributed by atoms with E-state index in [0.29, 0.717) is 26.3 Å². The van der Waals surface area contributed by atoms with Crippen molar-refractivity contribution in [2.75, 3.05) is 32.8 Å². The summed E-state index contributed by atoms with van der Waals surface area (Å²) in [5, 5.41) is 5.36. The molecule has 3 amide bonds. The van der Waals surface area contributed by atoms with E-state index in [-0.39, 0.29) is 6.54 Å². The first-order chi connectivity index (χ1) is 10.1. The van der Waals surface area contributed by atoms with E-state index in [1.54, 1.807) is 0 Å². The van der Waals surface area contributed by atoms with Crippen LogP contribution in [-0.4, -0.2) is 60.1 Å². The van der Waals surface area contributed by atoms with Crippen LogP contribution in [0.3, 0.4) is 0 Å². The van der Waals surface area contributed by atoms with Gasteiger partial charge in [0.1, 0.15) is 0 Å². The van der Waals surface area contributed by atoms with Gasteiger partial charge in [0.15, 0.2) is 0 Å². The lowest BCUT2D eigenvalue weighted by Crippen LogP contribution is -2.51. The van der Waals surface area contributed by atoms with E-state index in [0.717, 1.165) is 18.0 Å². The zero-order chi connectivity index (χ0) is 15.7. The number of nitrogens with one attached hydrogen (secondary N) is 1. The second kappa shape index (κ2) is 9.64. The lowest BCUT2D eigenvalue weighted by Gasteiger charge is -2.29. The van der Waals surface area contributed by atoms with Gasteiger partial charge in [0.25, 0.3) is 0 Å². The minimum atomic E-state index is -0.831. The molecule has 3 N–H and O–H groups in total. The molecule has 1 aliphatic heterocycles. The third-order valence-corrected chi connectivity index (χ3v) is 3.21. The van der Waals surface area contributed by atoms with Gasteiger partial charge in [0.2, 0.25) is 0 Å². The monoisotopic (exact) mass is 409 g/mol. The van der Waals surface area contributed by atoms with Crippen LogP contribution >= 0.6 is 22.6 Å². The molecular weight excluding hydrogens is 389 g/mol. The normalized spacial score (nSPS) is 14.2. The Balaban J connectivity index is 2.66. The average molecular weight is 409 g/mol. The summed E-state index contributed by atoms with van der Waals surface area (Å²) in [6.07, 6.45) is 1.14. The summed E-state index contributed by atoms with van der Waals surface area (Å²) in [5.41, 5.74) is 5.26. The van der Waals surface area contributed by atoms with Crippen molar-refractivity contribution in [2.24, 2.45) is 5.73 Å². The van der Waals surface area contributed by atoms with Crippen molar-refractivity contribution in [1.29, 1.82) is 0 Å². The molecule has 0 aromatic rings. The van der Waals surface area contributed by atoms with Crippen molar-refractivity contribution in [2.45, 2.75) is 19.8 Å². The van der Waals surface area contributed by atoms with Crippen molar-refractivity contribution < 1.29 is 14.4 Å². The summed E-state index contributed by atoms with van der Waals surface area (Å²) in [5.74, 6) is 2.81. The average Bonchev–Trinajstić information content (AvgIpc) is 2.98. The molecule has 0 aromatic heterocycles. The Labute approximate surface area is 138 Å². The number of primary amides is 1. The maximum atomic E-state index is 12.2. The van der Waals surface area contributed by atoms with Crippen LogP contribution in [0, 0.1) is 9.85 Å². The van der Waals surface area contributed by atoms with E-state index >= 15 is 0 Å². The first-order valence-electron chi connectivity index (χ1n) is 6.70. The maximum absolute atomic E-state index is 12.2. The number of carbonyl (C=O) groups is 2. The number of nitrogens with two attached hydrogens (primary N) is 1. The fourth-order valence-corrected chi connectivity index (χ4v) is 1.90. The highest BCUT2D eigenvalue weighted by atomic mass is 127. The molecule has 1 saturated heterocycles. The highest BCUT2D eigenvalue weighted by Gasteiger charge is 2.28. The molecule has 0 spiro atoms. The summed E-state index contributed by atoms with van der Waals surface area (Å²) in [6, 6.07) is -0.831. The Hall–Kier alpha value is -1.25. The zero-order valence-corrected chi connectivity index (χ0v) is 14.1. The molecule has 0 atom stereocenters. The number of urea groups is 1. The zero-order valence-electron chi connectivity index (χ0n) is 12.0. The van der Waals surface area contributed by atoms with Gasteiger partial charge in [-0.1, -0.05) is 24.4 Å². The number of unbranched alkanes of at least 4 members (excludes halogenated alkanes) is 1. The Bertz CT molecular complexity index is 417. The standard InChI is InChI=1S/C12H20IN5O3/c1-2-3-7-16(8-4-5-13)12(20)21-18(11(14)19)17-9-6-15-10-17/h15H,2-3,6-10H2,1H3,(H2,14,19). The highest BCUT2D eigenvalue weighted by Crippen LogP contribution is 2.06. The quantitative estimate of drug-likeness (QED) is 0.396. The molecule has 0 unspecified atom stereocenters. The van der Waals surface area contributed by atoms with Gasteiger partial charge in [-0.25, -0.2) is 9.59 Å². The number of halogens is 1. The van der Waals surface area contributed by atoms with Gasteiger partial charge in [-0.2, -0.15) is 5.01 Å². The van der Waals surface area contributed by atoms with Crippen molar-refractivity contribution in [3.63, 3.8) is 0 Å². The lowest BCUT2D eigenvalue weighted by molar-refractivity contribution is -0.194. The van der Waals surface area contributed by atoms with Gasteiger partial charge in [-0.05, 0) is 10.3 Å². The molecule has 0 aliphatic carbocycles. The number of hydroxylamine groups is 1. The third kappa shape index (κ3) is 5.94. The van der Waals surface area contributed by atoms with Gasteiger partial charge < -0.3 is 15.9 Å². The van der Waals surface area contributed by atoms with Gasteiger partial charge >= 0.3 is 12.1 Å². The predicted molar refractivity (Wildman–Crippen MR) is 85.8 cm³/mol. The molecule has 0 saturated carbocycles. The molecule has 21 heavy (non-hydrogen) atoms. The number of hydrogen-bond acceptors (Lipinski definition) is 5. The summed E-state index contributed by atoms with van der Waals surface area (Å²) in [4.78, 5) is 30.2. The molecule has 0 aromatic carbocycles. The number of hydrazine groups is 1. The van der Waals surface area contributed by atoms with E-state index in [2.05, 4.69) is 15.2 Å². The number of nitrogens with zero attached hydrogens (tertiary/aromatic N) is 3. The van der Waals surface area contributed by atoms with E-state index in [1.165, 1.54) is 9.91 Å². The second-order valence-electron chi connectivity index (χ2n) is 4.40. The largest absolute Gasteiger partial charge is 0.436 e. The molecule has 8 nitrogen and oxygen atoms in total. The van der Waals surface area contributed by atoms with Gasteiger partial charge in [-0.3, -0.25) is 4.90 Å². The van der Waals surface area contributed by atoms with Crippen LogP contribution in [0.2, 0.25) is 0 Å². The molecule has 0 bridgehead atoms. The SMILES string of the molecule is CCCCN(CC#CI)C(=O)ON(C(N)=O)N1CCNC1. The molecule has 1 aliphatic rings. The summed E-state index contributed by atoms with van der Waals surface area (Å²) < 4.78 is 2.71.